The first-order valence-corrected chi connectivity index (χ1v) is 10.0. The molecule has 144 valence electrons. The smallest absolute Gasteiger partial charge is 0.242 e. The lowest BCUT2D eigenvalue weighted by atomic mass is 9.99. The molecule has 0 unspecified atom stereocenters. The van der Waals surface area contributed by atoms with Crippen LogP contribution in [0.2, 0.25) is 0 Å². The Hall–Kier alpha value is -2.37. The Morgan fingerprint density at radius 1 is 1.11 bits per heavy atom. The van der Waals surface area contributed by atoms with Gasteiger partial charge in [0.2, 0.25) is 11.8 Å². The fourth-order valence-corrected chi connectivity index (χ4v) is 4.42. The van der Waals surface area contributed by atoms with Gasteiger partial charge >= 0.3 is 0 Å². The first-order valence-electron chi connectivity index (χ1n) is 10.0. The quantitative estimate of drug-likeness (QED) is 0.837. The van der Waals surface area contributed by atoms with Crippen molar-refractivity contribution in [3.8, 4) is 0 Å². The summed E-state index contributed by atoms with van der Waals surface area (Å²) in [5, 5.41) is 0. The number of benzene rings is 1. The van der Waals surface area contributed by atoms with Crippen molar-refractivity contribution in [3.63, 3.8) is 0 Å². The van der Waals surface area contributed by atoms with Gasteiger partial charge in [0.1, 0.15) is 12.4 Å². The number of carbonyl (C=O) groups excluding carboxylic acids is 2. The van der Waals surface area contributed by atoms with Crippen molar-refractivity contribution >= 4 is 22.8 Å². The molecule has 0 aliphatic carbocycles. The number of carbonyl (C=O) groups is 2. The van der Waals surface area contributed by atoms with E-state index in [1.54, 1.807) is 6.92 Å². The molecule has 0 bridgehead atoms. The Labute approximate surface area is 160 Å². The average molecular weight is 368 g/mol. The molecule has 1 aromatic heterocycles. The number of hydrogen-bond donors (Lipinski definition) is 0. The third kappa shape index (κ3) is 3.45. The van der Waals surface area contributed by atoms with E-state index in [4.69, 9.17) is 4.98 Å². The summed E-state index contributed by atoms with van der Waals surface area (Å²) in [6.07, 6.45) is 4.03. The van der Waals surface area contributed by atoms with Crippen LogP contribution >= 0.6 is 0 Å². The lowest BCUT2D eigenvalue weighted by Crippen LogP contribution is -2.40. The molecule has 1 aromatic carbocycles. The molecule has 1 atom stereocenters. The highest BCUT2D eigenvalue weighted by atomic mass is 16.2. The number of fused-ring (bicyclic) bond motifs is 1. The number of amides is 2. The van der Waals surface area contributed by atoms with Crippen molar-refractivity contribution in [2.45, 2.75) is 52.1 Å². The number of para-hydroxylation sites is 2. The zero-order valence-corrected chi connectivity index (χ0v) is 16.2. The third-order valence-electron chi connectivity index (χ3n) is 6.07. The first-order chi connectivity index (χ1) is 13.0. The van der Waals surface area contributed by atoms with Gasteiger partial charge in [-0.1, -0.05) is 19.1 Å². The van der Waals surface area contributed by atoms with Crippen molar-refractivity contribution in [2.24, 2.45) is 5.92 Å². The van der Waals surface area contributed by atoms with Crippen LogP contribution in [0.1, 0.15) is 51.4 Å². The minimum atomic E-state index is -0.0379. The largest absolute Gasteiger partial charge is 0.341 e. The molecular formula is C21H28N4O2. The molecular weight excluding hydrogens is 340 g/mol. The molecule has 0 radical (unpaired) electrons. The second-order valence-corrected chi connectivity index (χ2v) is 7.98. The van der Waals surface area contributed by atoms with E-state index in [9.17, 15) is 9.59 Å². The van der Waals surface area contributed by atoms with Crippen LogP contribution in [0.3, 0.4) is 0 Å². The number of aromatic nitrogens is 2. The van der Waals surface area contributed by atoms with Gasteiger partial charge in [0, 0.05) is 26.6 Å². The topological polar surface area (TPSA) is 58.4 Å². The minimum absolute atomic E-state index is 0.0379. The third-order valence-corrected chi connectivity index (χ3v) is 6.07. The van der Waals surface area contributed by atoms with Gasteiger partial charge in [-0.15, -0.1) is 0 Å². The summed E-state index contributed by atoms with van der Waals surface area (Å²) >= 11 is 0. The fraction of sp³-hybridized carbons (Fsp3) is 0.571. The number of likely N-dealkylation sites (tertiary alicyclic amines) is 2. The number of rotatable bonds is 3. The summed E-state index contributed by atoms with van der Waals surface area (Å²) in [6, 6.07) is 7.91. The molecule has 2 aliphatic heterocycles. The van der Waals surface area contributed by atoms with Gasteiger partial charge in [-0.3, -0.25) is 9.59 Å². The Morgan fingerprint density at radius 3 is 2.59 bits per heavy atom. The highest BCUT2D eigenvalue weighted by molar-refractivity contribution is 5.81. The van der Waals surface area contributed by atoms with Gasteiger partial charge < -0.3 is 14.4 Å². The zero-order chi connectivity index (χ0) is 19.0. The van der Waals surface area contributed by atoms with E-state index in [1.165, 1.54) is 0 Å². The summed E-state index contributed by atoms with van der Waals surface area (Å²) in [6.45, 7) is 6.61. The van der Waals surface area contributed by atoms with E-state index in [1.807, 2.05) is 38.6 Å². The molecule has 6 heteroatoms. The number of nitrogens with zero attached hydrogens (tertiary/aromatic N) is 4. The monoisotopic (exact) mass is 368 g/mol. The molecule has 0 saturated carbocycles. The molecule has 4 rings (SSSR count). The van der Waals surface area contributed by atoms with Crippen LogP contribution in [0.25, 0.3) is 11.0 Å². The summed E-state index contributed by atoms with van der Waals surface area (Å²) in [4.78, 5) is 33.8. The summed E-state index contributed by atoms with van der Waals surface area (Å²) in [5.74, 6) is 1.77. The average Bonchev–Trinajstić information content (AvgIpc) is 3.27. The number of piperidine rings is 1. The van der Waals surface area contributed by atoms with Crippen LogP contribution in [-0.4, -0.2) is 50.8 Å². The lowest BCUT2D eigenvalue weighted by molar-refractivity contribution is -0.133. The van der Waals surface area contributed by atoms with E-state index in [2.05, 4.69) is 6.92 Å². The molecule has 2 aromatic rings. The maximum absolute atomic E-state index is 13.0. The first kappa shape index (κ1) is 18.0. The van der Waals surface area contributed by atoms with Crippen LogP contribution in [-0.2, 0) is 16.1 Å². The van der Waals surface area contributed by atoms with E-state index < -0.39 is 0 Å². The summed E-state index contributed by atoms with van der Waals surface area (Å²) in [7, 11) is 0. The van der Waals surface area contributed by atoms with Crippen LogP contribution in [0.5, 0.6) is 0 Å². The van der Waals surface area contributed by atoms with Crippen LogP contribution in [0.15, 0.2) is 24.3 Å². The molecule has 2 saturated heterocycles. The molecule has 3 heterocycles. The molecule has 0 N–H and O–H groups in total. The van der Waals surface area contributed by atoms with E-state index >= 15 is 0 Å². The van der Waals surface area contributed by atoms with Crippen molar-refractivity contribution in [1.29, 1.82) is 0 Å². The Morgan fingerprint density at radius 2 is 1.85 bits per heavy atom. The van der Waals surface area contributed by atoms with Gasteiger partial charge in [0.05, 0.1) is 17.1 Å². The van der Waals surface area contributed by atoms with Gasteiger partial charge in [-0.25, -0.2) is 4.98 Å². The Balaban J connectivity index is 1.66. The molecule has 2 aliphatic rings. The van der Waals surface area contributed by atoms with E-state index in [-0.39, 0.29) is 17.9 Å². The highest BCUT2D eigenvalue weighted by Gasteiger charge is 2.33. The van der Waals surface area contributed by atoms with Crippen LogP contribution < -0.4 is 0 Å². The Kier molecular flexibility index (Phi) is 4.89. The van der Waals surface area contributed by atoms with Crippen LogP contribution in [0, 0.1) is 5.92 Å². The zero-order valence-electron chi connectivity index (χ0n) is 16.2. The SMILES string of the molecule is CC(=O)N1CCC[C@@H]1c1nc2ccccc2n1CC(=O)N1CCC(C)CC1. The molecule has 27 heavy (non-hydrogen) atoms. The van der Waals surface area contributed by atoms with Gasteiger partial charge in [0.15, 0.2) is 0 Å². The predicted octanol–water partition coefficient (Wildman–Crippen LogP) is 2.98. The predicted molar refractivity (Wildman–Crippen MR) is 104 cm³/mol. The van der Waals surface area contributed by atoms with E-state index in [0.29, 0.717) is 12.5 Å². The minimum Gasteiger partial charge on any atom is -0.341 e. The molecule has 0 spiro atoms. The number of hydrogen-bond acceptors (Lipinski definition) is 3. The van der Waals surface area contributed by atoms with Crippen LogP contribution in [0.4, 0.5) is 0 Å². The van der Waals surface area contributed by atoms with Gasteiger partial charge in [-0.05, 0) is 43.7 Å². The normalized spacial score (nSPS) is 21.2. The van der Waals surface area contributed by atoms with Gasteiger partial charge in [-0.2, -0.15) is 0 Å². The maximum Gasteiger partial charge on any atom is 0.242 e. The van der Waals surface area contributed by atoms with Crippen molar-refractivity contribution < 1.29 is 9.59 Å². The summed E-state index contributed by atoms with van der Waals surface area (Å²) < 4.78 is 2.04. The van der Waals surface area contributed by atoms with Gasteiger partial charge in [0.25, 0.3) is 0 Å². The highest BCUT2D eigenvalue weighted by Crippen LogP contribution is 2.33. The van der Waals surface area contributed by atoms with E-state index in [0.717, 1.165) is 62.2 Å². The Bertz CT molecular complexity index is 851. The lowest BCUT2D eigenvalue weighted by Gasteiger charge is -2.31. The maximum atomic E-state index is 13.0. The second-order valence-electron chi connectivity index (χ2n) is 7.98. The van der Waals surface area contributed by atoms with Crippen molar-refractivity contribution in [3.05, 3.63) is 30.1 Å². The number of imidazole rings is 1. The van der Waals surface area contributed by atoms with Crippen molar-refractivity contribution in [1.82, 2.24) is 19.4 Å². The molecule has 2 fully saturated rings. The standard InChI is InChI=1S/C21H28N4O2/c1-15-9-12-23(13-10-15)20(27)14-25-18-7-4-3-6-17(18)22-21(25)19-8-5-11-24(19)16(2)26/h3-4,6-7,15,19H,5,8-14H2,1-2H3/t19-/m1/s1. The fourth-order valence-electron chi connectivity index (χ4n) is 4.42. The van der Waals surface area contributed by atoms with Crippen molar-refractivity contribution in [2.75, 3.05) is 19.6 Å². The second kappa shape index (κ2) is 7.33. The molecule has 2 amide bonds. The summed E-state index contributed by atoms with van der Waals surface area (Å²) in [5.41, 5.74) is 1.87. The molecule has 6 nitrogen and oxygen atoms in total.